The Balaban J connectivity index is 1.09. The Kier molecular flexibility index (Phi) is 7.94. The van der Waals surface area contributed by atoms with Gasteiger partial charge in [-0.3, -0.25) is 0 Å². The minimum atomic E-state index is -0.0310. The van der Waals surface area contributed by atoms with Gasteiger partial charge in [-0.1, -0.05) is 133 Å². The molecule has 0 bridgehead atoms. The molecule has 3 nitrogen and oxygen atoms in total. The summed E-state index contributed by atoms with van der Waals surface area (Å²) in [5.74, 6) is 0. The monoisotopic (exact) mass is 818 g/mol. The number of hydrogen-bond acceptors (Lipinski definition) is 4. The molecular weight excluding hydrogens is 772 g/mol. The van der Waals surface area contributed by atoms with E-state index in [2.05, 4.69) is 210 Å². The summed E-state index contributed by atoms with van der Waals surface area (Å²) in [4.78, 5) is 5.05. The highest BCUT2D eigenvalue weighted by atomic mass is 32.1. The molecule has 10 aromatic rings. The Hall–Kier alpha value is -6.56. The number of fused-ring (bicyclic) bond motifs is 10. The summed E-state index contributed by atoms with van der Waals surface area (Å²) in [6, 6.07) is 59.3. The molecule has 2 aliphatic rings. The highest BCUT2D eigenvalue weighted by Gasteiger charge is 2.44. The maximum absolute atomic E-state index is 6.55. The van der Waals surface area contributed by atoms with Crippen molar-refractivity contribution in [2.24, 2.45) is 0 Å². The van der Waals surface area contributed by atoms with Gasteiger partial charge in [0, 0.05) is 71.1 Å². The lowest BCUT2D eigenvalue weighted by molar-refractivity contribution is 0.590. The van der Waals surface area contributed by atoms with Gasteiger partial charge >= 0.3 is 0 Å². The van der Waals surface area contributed by atoms with Crippen molar-refractivity contribution in [2.75, 3.05) is 9.80 Å². The van der Waals surface area contributed by atoms with E-state index in [0.29, 0.717) is 0 Å². The summed E-state index contributed by atoms with van der Waals surface area (Å²) in [7, 11) is 0. The number of rotatable bonds is 3. The van der Waals surface area contributed by atoms with Gasteiger partial charge in [-0.2, -0.15) is 0 Å². The van der Waals surface area contributed by atoms with Crippen molar-refractivity contribution in [3.8, 4) is 11.1 Å². The number of para-hydroxylation sites is 1. The molecule has 8 aromatic carbocycles. The van der Waals surface area contributed by atoms with Gasteiger partial charge in [-0.15, -0.1) is 11.3 Å². The molecule has 0 N–H and O–H groups in total. The van der Waals surface area contributed by atoms with Crippen LogP contribution in [0.15, 0.2) is 162 Å². The molecule has 12 rings (SSSR count). The van der Waals surface area contributed by atoms with E-state index in [0.717, 1.165) is 33.3 Å². The average Bonchev–Trinajstić information content (AvgIpc) is 3.83. The van der Waals surface area contributed by atoms with Crippen LogP contribution in [0.5, 0.6) is 0 Å². The Morgan fingerprint density at radius 1 is 0.484 bits per heavy atom. The smallest absolute Gasteiger partial charge is 0.252 e. The van der Waals surface area contributed by atoms with Gasteiger partial charge in [-0.05, 0) is 123 Å². The Labute approximate surface area is 367 Å². The van der Waals surface area contributed by atoms with Crippen LogP contribution in [0.25, 0.3) is 53.2 Å². The fourth-order valence-electron chi connectivity index (χ4n) is 10.2. The standard InChI is InChI=1S/C57H47BN2OS/c1-34-29-49-54-50(30-34)60(39-25-26-42-41-13-8-10-17-51(41)61-52(42)33-39)48-32-37(57(5,6)7)21-27-45(48)58(54)46-31-36(56(2,3)4)22-28-47(46)59(49)38-23-19-35(20-24-38)40-15-12-16-44-43-14-9-11-18-53(43)62-55(40)44/h8-33H,1-7H3. The maximum Gasteiger partial charge on any atom is 0.252 e. The second-order valence-corrected chi connectivity index (χ2v) is 20.5. The van der Waals surface area contributed by atoms with E-state index in [4.69, 9.17) is 4.42 Å². The molecule has 0 radical (unpaired) electrons. The van der Waals surface area contributed by atoms with E-state index in [9.17, 15) is 0 Å². The van der Waals surface area contributed by atoms with Crippen LogP contribution in [0.4, 0.5) is 34.1 Å². The quantitative estimate of drug-likeness (QED) is 0.166. The van der Waals surface area contributed by atoms with Gasteiger partial charge < -0.3 is 14.2 Å². The maximum atomic E-state index is 6.55. The number of benzene rings is 8. The largest absolute Gasteiger partial charge is 0.456 e. The topological polar surface area (TPSA) is 19.6 Å². The Morgan fingerprint density at radius 2 is 1.13 bits per heavy atom. The van der Waals surface area contributed by atoms with Crippen molar-refractivity contribution in [1.29, 1.82) is 0 Å². The predicted octanol–water partition coefficient (Wildman–Crippen LogP) is 14.6. The Morgan fingerprint density at radius 3 is 1.90 bits per heavy atom. The number of hydrogen-bond donors (Lipinski definition) is 0. The minimum Gasteiger partial charge on any atom is -0.456 e. The molecule has 4 heterocycles. The zero-order valence-corrected chi connectivity index (χ0v) is 37.1. The van der Waals surface area contributed by atoms with Gasteiger partial charge in [0.25, 0.3) is 6.71 Å². The van der Waals surface area contributed by atoms with E-state index in [1.54, 1.807) is 0 Å². The van der Waals surface area contributed by atoms with Gasteiger partial charge in [0.1, 0.15) is 11.2 Å². The number of aryl methyl sites for hydroxylation is 1. The lowest BCUT2D eigenvalue weighted by Gasteiger charge is -2.45. The number of nitrogens with zero attached hydrogens (tertiary/aromatic N) is 2. The molecular formula is C57H47BN2OS. The summed E-state index contributed by atoms with van der Waals surface area (Å²) in [5.41, 5.74) is 19.3. The fourth-order valence-corrected chi connectivity index (χ4v) is 11.5. The highest BCUT2D eigenvalue weighted by Crippen LogP contribution is 2.47. The lowest BCUT2D eigenvalue weighted by Crippen LogP contribution is -2.61. The first kappa shape index (κ1) is 37.2. The van der Waals surface area contributed by atoms with E-state index in [-0.39, 0.29) is 17.5 Å². The second kappa shape index (κ2) is 13.2. The molecule has 0 atom stereocenters. The molecule has 300 valence electrons. The van der Waals surface area contributed by atoms with E-state index in [1.165, 1.54) is 87.1 Å². The zero-order valence-electron chi connectivity index (χ0n) is 36.3. The predicted molar refractivity (Wildman–Crippen MR) is 268 cm³/mol. The van der Waals surface area contributed by atoms with Crippen LogP contribution in [-0.4, -0.2) is 6.71 Å². The third-order valence-electron chi connectivity index (χ3n) is 13.4. The molecule has 0 amide bonds. The van der Waals surface area contributed by atoms with Gasteiger partial charge in [0.15, 0.2) is 0 Å². The first-order valence-corrected chi connectivity index (χ1v) is 22.7. The summed E-state index contributed by atoms with van der Waals surface area (Å²) < 4.78 is 9.22. The van der Waals surface area contributed by atoms with Gasteiger partial charge in [0.05, 0.1) is 0 Å². The number of furan rings is 1. The Bertz CT molecular complexity index is 3470. The molecule has 2 aliphatic heterocycles. The third-order valence-corrected chi connectivity index (χ3v) is 14.6. The number of anilines is 6. The van der Waals surface area contributed by atoms with Crippen LogP contribution in [0, 0.1) is 6.92 Å². The van der Waals surface area contributed by atoms with Gasteiger partial charge in [0.2, 0.25) is 0 Å². The molecule has 0 spiro atoms. The van der Waals surface area contributed by atoms with Crippen LogP contribution in [0.3, 0.4) is 0 Å². The van der Waals surface area contributed by atoms with Crippen LogP contribution in [-0.2, 0) is 10.8 Å². The molecule has 0 unspecified atom stereocenters. The number of thiophene rings is 1. The molecule has 0 aliphatic carbocycles. The molecule has 0 fully saturated rings. The van der Waals surface area contributed by atoms with Crippen LogP contribution in [0.1, 0.15) is 58.2 Å². The van der Waals surface area contributed by atoms with E-state index >= 15 is 0 Å². The molecule has 0 saturated carbocycles. The SMILES string of the molecule is Cc1cc2c3c(c1)N(c1ccc4c(c1)oc1ccccc14)c1cc(C(C)(C)C)ccc1B3c1cc(C(C)(C)C)ccc1N2c1ccc(-c2cccc3c2sc2ccccc23)cc1. The summed E-state index contributed by atoms with van der Waals surface area (Å²) in [5, 5.41) is 4.93. The molecule has 62 heavy (non-hydrogen) atoms. The van der Waals surface area contributed by atoms with Crippen molar-refractivity contribution >= 4 is 111 Å². The van der Waals surface area contributed by atoms with Crippen molar-refractivity contribution in [3.05, 3.63) is 174 Å². The van der Waals surface area contributed by atoms with Crippen molar-refractivity contribution in [3.63, 3.8) is 0 Å². The summed E-state index contributed by atoms with van der Waals surface area (Å²) in [6.45, 7) is 16.2. The third kappa shape index (κ3) is 5.57. The summed E-state index contributed by atoms with van der Waals surface area (Å²) >= 11 is 1.89. The normalized spacial score (nSPS) is 13.6. The molecule has 5 heteroatoms. The van der Waals surface area contributed by atoms with Crippen molar-refractivity contribution in [2.45, 2.75) is 59.3 Å². The highest BCUT2D eigenvalue weighted by molar-refractivity contribution is 7.26. The van der Waals surface area contributed by atoms with Crippen LogP contribution in [0.2, 0.25) is 0 Å². The van der Waals surface area contributed by atoms with E-state index < -0.39 is 0 Å². The zero-order chi connectivity index (χ0) is 42.2. The molecule has 0 saturated heterocycles. The van der Waals surface area contributed by atoms with Crippen LogP contribution >= 0.6 is 11.3 Å². The van der Waals surface area contributed by atoms with Gasteiger partial charge in [-0.25, -0.2) is 0 Å². The first-order chi connectivity index (χ1) is 29.9. The van der Waals surface area contributed by atoms with Crippen molar-refractivity contribution < 1.29 is 4.42 Å². The van der Waals surface area contributed by atoms with Crippen molar-refractivity contribution in [1.82, 2.24) is 0 Å². The summed E-state index contributed by atoms with van der Waals surface area (Å²) in [6.07, 6.45) is 0. The molecule has 2 aromatic heterocycles. The van der Waals surface area contributed by atoms with Crippen LogP contribution < -0.4 is 26.2 Å². The average molecular weight is 819 g/mol. The second-order valence-electron chi connectivity index (χ2n) is 19.5. The lowest BCUT2D eigenvalue weighted by atomic mass is 9.33. The fraction of sp³-hybridized carbons (Fsp3) is 0.158. The first-order valence-electron chi connectivity index (χ1n) is 21.9. The van der Waals surface area contributed by atoms with E-state index in [1.807, 2.05) is 17.4 Å². The minimum absolute atomic E-state index is 0.0207.